The van der Waals surface area contributed by atoms with E-state index in [1.165, 1.54) is 45.7 Å². The first-order valence-electron chi connectivity index (χ1n) is 10.0. The fourth-order valence-electron chi connectivity index (χ4n) is 4.47. The van der Waals surface area contributed by atoms with Crippen LogP contribution in [0.4, 0.5) is 0 Å². The minimum atomic E-state index is 0.860. The van der Waals surface area contributed by atoms with Crippen molar-refractivity contribution in [1.29, 1.82) is 0 Å². The third-order valence-electron chi connectivity index (χ3n) is 5.84. The van der Waals surface area contributed by atoms with E-state index in [9.17, 15) is 0 Å². The zero-order valence-corrected chi connectivity index (χ0v) is 15.6. The zero-order valence-electron chi connectivity index (χ0n) is 15.6. The highest BCUT2D eigenvalue weighted by Gasteiger charge is 2.11. The molecule has 2 aliphatic carbocycles. The molecule has 0 atom stereocenters. The van der Waals surface area contributed by atoms with Crippen molar-refractivity contribution >= 4 is 12.2 Å². The number of ether oxygens (including phenoxy) is 1. The third kappa shape index (κ3) is 3.08. The van der Waals surface area contributed by atoms with Gasteiger partial charge >= 0.3 is 0 Å². The highest BCUT2D eigenvalue weighted by Crippen LogP contribution is 2.23. The second-order valence-corrected chi connectivity index (χ2v) is 7.46. The molecule has 1 aliphatic heterocycles. The Kier molecular flexibility index (Phi) is 4.29. The lowest BCUT2D eigenvalue weighted by Gasteiger charge is -2.16. The van der Waals surface area contributed by atoms with Crippen molar-refractivity contribution in [3.8, 4) is 5.75 Å². The molecule has 0 saturated heterocycles. The second kappa shape index (κ2) is 7.08. The number of rotatable bonds is 0. The average molecular weight is 352 g/mol. The molecule has 0 amide bonds. The van der Waals surface area contributed by atoms with Crippen LogP contribution in [-0.2, 0) is 19.3 Å². The normalized spacial score (nSPS) is 15.4. The SMILES string of the molecule is C1=c2ccc3c(c2CCC1)CC=c1ccccc1=3.c1ccc2c(c1)CCO2. The van der Waals surface area contributed by atoms with Crippen molar-refractivity contribution < 1.29 is 4.74 Å². The summed E-state index contributed by atoms with van der Waals surface area (Å²) in [5, 5.41) is 5.74. The van der Waals surface area contributed by atoms with Crippen LogP contribution < -0.4 is 15.2 Å². The first kappa shape index (κ1) is 16.4. The lowest BCUT2D eigenvalue weighted by Crippen LogP contribution is -2.19. The van der Waals surface area contributed by atoms with Gasteiger partial charge in [0, 0.05) is 6.42 Å². The van der Waals surface area contributed by atoms with Crippen LogP contribution in [-0.4, -0.2) is 6.61 Å². The Labute approximate surface area is 159 Å². The Hall–Kier alpha value is -2.80. The molecule has 0 spiro atoms. The number of benzene rings is 3. The van der Waals surface area contributed by atoms with E-state index in [2.05, 4.69) is 54.6 Å². The van der Waals surface area contributed by atoms with Gasteiger partial charge in [0.2, 0.25) is 0 Å². The molecule has 0 aromatic heterocycles. The smallest absolute Gasteiger partial charge is 0.122 e. The van der Waals surface area contributed by atoms with Gasteiger partial charge in [-0.05, 0) is 69.3 Å². The maximum absolute atomic E-state index is 5.30. The summed E-state index contributed by atoms with van der Waals surface area (Å²) < 4.78 is 5.30. The molecule has 1 nitrogen and oxygen atoms in total. The Morgan fingerprint density at radius 3 is 2.52 bits per heavy atom. The molecule has 27 heavy (non-hydrogen) atoms. The van der Waals surface area contributed by atoms with Gasteiger partial charge in [-0.15, -0.1) is 0 Å². The van der Waals surface area contributed by atoms with Gasteiger partial charge < -0.3 is 4.74 Å². The molecule has 0 radical (unpaired) electrons. The van der Waals surface area contributed by atoms with Crippen LogP contribution in [0, 0.1) is 10.4 Å². The van der Waals surface area contributed by atoms with Crippen LogP contribution in [0.3, 0.4) is 0 Å². The summed E-state index contributed by atoms with van der Waals surface area (Å²) in [6.07, 6.45) is 10.8. The van der Waals surface area contributed by atoms with Gasteiger partial charge in [-0.1, -0.05) is 66.7 Å². The van der Waals surface area contributed by atoms with Crippen molar-refractivity contribution in [3.05, 3.63) is 98.2 Å². The molecule has 134 valence electrons. The summed E-state index contributed by atoms with van der Waals surface area (Å²) in [5.74, 6) is 1.07. The Morgan fingerprint density at radius 2 is 1.56 bits per heavy atom. The molecule has 0 N–H and O–H groups in total. The summed E-state index contributed by atoms with van der Waals surface area (Å²) >= 11 is 0. The van der Waals surface area contributed by atoms with Crippen molar-refractivity contribution in [2.24, 2.45) is 0 Å². The summed E-state index contributed by atoms with van der Waals surface area (Å²) in [6.45, 7) is 0.860. The predicted molar refractivity (Wildman–Crippen MR) is 111 cm³/mol. The molecular formula is C26H24O. The monoisotopic (exact) mass is 352 g/mol. The fraction of sp³-hybridized carbons (Fsp3) is 0.231. The fourth-order valence-corrected chi connectivity index (χ4v) is 4.47. The zero-order chi connectivity index (χ0) is 18.1. The Morgan fingerprint density at radius 1 is 0.667 bits per heavy atom. The third-order valence-corrected chi connectivity index (χ3v) is 5.84. The van der Waals surface area contributed by atoms with Crippen LogP contribution >= 0.6 is 0 Å². The van der Waals surface area contributed by atoms with Gasteiger partial charge in [0.1, 0.15) is 5.75 Å². The predicted octanol–water partition coefficient (Wildman–Crippen LogP) is 4.05. The molecule has 1 heteroatoms. The molecule has 0 bridgehead atoms. The van der Waals surface area contributed by atoms with Gasteiger partial charge in [-0.25, -0.2) is 0 Å². The first-order valence-corrected chi connectivity index (χ1v) is 10.0. The standard InChI is InChI=1S/C18H16.C8H8O/c1-3-7-15-13(5-1)9-11-18-16-8-4-2-6-14(16)10-12-17(15)18;1-2-4-8-7(3-1)5-6-9-8/h1,3,5-7,9-10,12H,2,4,8,11H2;1-4H,5-6H2. The summed E-state index contributed by atoms with van der Waals surface area (Å²) in [7, 11) is 0. The van der Waals surface area contributed by atoms with Crippen LogP contribution in [0.25, 0.3) is 12.2 Å². The van der Waals surface area contributed by atoms with Gasteiger partial charge in [0.05, 0.1) is 6.61 Å². The lowest BCUT2D eigenvalue weighted by atomic mass is 9.89. The van der Waals surface area contributed by atoms with E-state index >= 15 is 0 Å². The van der Waals surface area contributed by atoms with Gasteiger partial charge in [0.25, 0.3) is 0 Å². The second-order valence-electron chi connectivity index (χ2n) is 7.46. The highest BCUT2D eigenvalue weighted by molar-refractivity contribution is 5.47. The largest absolute Gasteiger partial charge is 0.493 e. The molecule has 1 heterocycles. The Bertz CT molecular complexity index is 1180. The molecule has 3 aliphatic rings. The summed E-state index contributed by atoms with van der Waals surface area (Å²) in [5.41, 5.74) is 4.52. The van der Waals surface area contributed by atoms with Crippen molar-refractivity contribution in [2.75, 3.05) is 6.61 Å². The average Bonchev–Trinajstić information content (AvgIpc) is 3.23. The first-order chi connectivity index (χ1) is 13.4. The molecule has 0 saturated carbocycles. The Balaban J connectivity index is 0.000000149. The van der Waals surface area contributed by atoms with Crippen LogP contribution in [0.5, 0.6) is 5.75 Å². The van der Waals surface area contributed by atoms with Crippen LogP contribution in [0.1, 0.15) is 29.5 Å². The highest BCUT2D eigenvalue weighted by atomic mass is 16.5. The number of fused-ring (bicyclic) bond motifs is 5. The lowest BCUT2D eigenvalue weighted by molar-refractivity contribution is 0.357. The molecule has 3 aromatic carbocycles. The topological polar surface area (TPSA) is 9.23 Å². The minimum absolute atomic E-state index is 0.860. The van der Waals surface area contributed by atoms with Crippen molar-refractivity contribution in [3.63, 3.8) is 0 Å². The summed E-state index contributed by atoms with van der Waals surface area (Å²) in [4.78, 5) is 0. The number of para-hydroxylation sites is 1. The van der Waals surface area contributed by atoms with Crippen molar-refractivity contribution in [2.45, 2.75) is 32.1 Å². The van der Waals surface area contributed by atoms with Crippen LogP contribution in [0.2, 0.25) is 0 Å². The van der Waals surface area contributed by atoms with Crippen molar-refractivity contribution in [1.82, 2.24) is 0 Å². The van der Waals surface area contributed by atoms with E-state index in [0.717, 1.165) is 25.2 Å². The van der Waals surface area contributed by atoms with Gasteiger partial charge in [-0.3, -0.25) is 0 Å². The van der Waals surface area contributed by atoms with Crippen LogP contribution in [0.15, 0.2) is 60.7 Å². The van der Waals surface area contributed by atoms with E-state index in [-0.39, 0.29) is 0 Å². The molecule has 6 rings (SSSR count). The minimum Gasteiger partial charge on any atom is -0.493 e. The quantitative estimate of drug-likeness (QED) is 0.593. The maximum Gasteiger partial charge on any atom is 0.122 e. The van der Waals surface area contributed by atoms with E-state index in [0.29, 0.717) is 0 Å². The maximum atomic E-state index is 5.30. The summed E-state index contributed by atoms with van der Waals surface area (Å²) in [6, 6.07) is 21.6. The molecular weight excluding hydrogens is 328 g/mol. The number of hydrogen-bond donors (Lipinski definition) is 0. The van der Waals surface area contributed by atoms with E-state index < -0.39 is 0 Å². The van der Waals surface area contributed by atoms with Gasteiger partial charge in [0.15, 0.2) is 0 Å². The van der Waals surface area contributed by atoms with E-state index in [4.69, 9.17) is 4.74 Å². The number of hydrogen-bond acceptors (Lipinski definition) is 1. The molecule has 0 unspecified atom stereocenters. The van der Waals surface area contributed by atoms with Gasteiger partial charge in [-0.2, -0.15) is 0 Å². The molecule has 3 aromatic rings. The van der Waals surface area contributed by atoms with E-state index in [1.54, 1.807) is 11.1 Å². The van der Waals surface area contributed by atoms with E-state index in [1.807, 2.05) is 18.2 Å². The molecule has 0 fully saturated rings.